The minimum Gasteiger partial charge on any atom is -0.465 e. The lowest BCUT2D eigenvalue weighted by molar-refractivity contribution is 0.0951. The van der Waals surface area contributed by atoms with Crippen LogP contribution in [0.3, 0.4) is 0 Å². The van der Waals surface area contributed by atoms with Crippen LogP contribution >= 0.6 is 0 Å². The van der Waals surface area contributed by atoms with Gasteiger partial charge in [-0.25, -0.2) is 14.8 Å². The van der Waals surface area contributed by atoms with Gasteiger partial charge in [0.25, 0.3) is 5.91 Å². The third-order valence-electron chi connectivity index (χ3n) is 6.15. The van der Waals surface area contributed by atoms with Crippen LogP contribution in [-0.4, -0.2) is 55.7 Å². The van der Waals surface area contributed by atoms with E-state index >= 15 is 0 Å². The van der Waals surface area contributed by atoms with Crippen LogP contribution in [0.2, 0.25) is 0 Å². The molecule has 3 aromatic rings. The van der Waals surface area contributed by atoms with E-state index in [9.17, 15) is 14.7 Å². The van der Waals surface area contributed by atoms with Crippen molar-refractivity contribution in [2.24, 2.45) is 0 Å². The number of carbonyl (C=O) groups excluding carboxylic acids is 1. The topological polar surface area (TPSA) is 126 Å². The van der Waals surface area contributed by atoms with Crippen molar-refractivity contribution < 1.29 is 14.7 Å². The van der Waals surface area contributed by atoms with E-state index in [1.54, 1.807) is 12.1 Å². The number of likely N-dealkylation sites (tertiary alicyclic amines) is 1. The number of nitrogens with zero attached hydrogens (tertiary/aromatic N) is 4. The van der Waals surface area contributed by atoms with Crippen LogP contribution in [0.25, 0.3) is 11.0 Å². The second-order valence-electron chi connectivity index (χ2n) is 8.49. The van der Waals surface area contributed by atoms with Crippen molar-refractivity contribution in [3.8, 4) is 11.8 Å². The van der Waals surface area contributed by atoms with E-state index in [4.69, 9.17) is 5.73 Å². The molecule has 9 nitrogen and oxygen atoms in total. The largest absolute Gasteiger partial charge is 0.465 e. The number of hydrogen-bond acceptors (Lipinski definition) is 5. The number of anilines is 1. The molecule has 4 N–H and O–H groups in total. The molecule has 3 heterocycles. The van der Waals surface area contributed by atoms with Crippen LogP contribution in [0.5, 0.6) is 0 Å². The molecule has 9 heteroatoms. The first-order valence-corrected chi connectivity index (χ1v) is 11.0. The fraction of sp³-hybridized carbons (Fsp3) is 0.333. The molecule has 0 radical (unpaired) electrons. The third-order valence-corrected chi connectivity index (χ3v) is 6.15. The molecule has 168 valence electrons. The number of hydrogen-bond donors (Lipinski definition) is 3. The van der Waals surface area contributed by atoms with Gasteiger partial charge in [-0.1, -0.05) is 17.9 Å². The lowest BCUT2D eigenvalue weighted by Crippen LogP contribution is -2.38. The quantitative estimate of drug-likeness (QED) is 0.533. The minimum atomic E-state index is -0.892. The van der Waals surface area contributed by atoms with Crippen LogP contribution in [0, 0.1) is 11.8 Å². The summed E-state index contributed by atoms with van der Waals surface area (Å²) in [6.45, 7) is 0.938. The van der Waals surface area contributed by atoms with Gasteiger partial charge < -0.3 is 25.6 Å². The summed E-state index contributed by atoms with van der Waals surface area (Å²) in [5.74, 6) is 6.60. The number of piperidine rings is 1. The van der Waals surface area contributed by atoms with Gasteiger partial charge in [-0.05, 0) is 43.9 Å². The highest BCUT2D eigenvalue weighted by Crippen LogP contribution is 2.31. The number of carbonyl (C=O) groups is 2. The van der Waals surface area contributed by atoms with Gasteiger partial charge in [0.15, 0.2) is 0 Å². The van der Waals surface area contributed by atoms with Crippen LogP contribution in [-0.2, 0) is 0 Å². The Morgan fingerprint density at radius 1 is 1.12 bits per heavy atom. The summed E-state index contributed by atoms with van der Waals surface area (Å²) in [5, 5.41) is 12.9. The van der Waals surface area contributed by atoms with Gasteiger partial charge in [0.05, 0.1) is 10.9 Å². The Hall–Kier alpha value is -4.06. The molecule has 0 atom stereocenters. The SMILES string of the molecule is Nc1ncnc2c1c(C#Cc1cccc(C(=O)NC3CC3)c1)cn2C1CCN(C(=O)O)CC1. The standard InChI is InChI=1S/C24H24N6O3/c25-21-20-17(5-4-15-2-1-3-16(12-15)23(31)28-18-6-7-18)13-30(22(20)27-14-26-21)19-8-10-29(11-9-19)24(32)33/h1-3,12-14,18-19H,6-11H2,(H,28,31)(H,32,33)(H2,25,26,27). The summed E-state index contributed by atoms with van der Waals surface area (Å²) >= 11 is 0. The maximum atomic E-state index is 12.3. The summed E-state index contributed by atoms with van der Waals surface area (Å²) in [7, 11) is 0. The number of amides is 2. The number of nitrogens with one attached hydrogen (secondary N) is 1. The fourth-order valence-electron chi connectivity index (χ4n) is 4.19. The lowest BCUT2D eigenvalue weighted by Gasteiger charge is -2.31. The van der Waals surface area contributed by atoms with Crippen LogP contribution in [0.15, 0.2) is 36.8 Å². The Balaban J connectivity index is 1.45. The molecule has 2 aromatic heterocycles. The van der Waals surface area contributed by atoms with Crippen LogP contribution in [0.4, 0.5) is 10.6 Å². The zero-order chi connectivity index (χ0) is 22.9. The molecule has 1 saturated carbocycles. The predicted octanol–water partition coefficient (Wildman–Crippen LogP) is 2.62. The number of rotatable bonds is 3. The van der Waals surface area contributed by atoms with E-state index in [0.29, 0.717) is 60.0 Å². The number of fused-ring (bicyclic) bond motifs is 1. The van der Waals surface area contributed by atoms with E-state index in [0.717, 1.165) is 18.4 Å². The van der Waals surface area contributed by atoms with Crippen molar-refractivity contribution >= 4 is 28.9 Å². The number of nitrogen functional groups attached to an aromatic ring is 1. The number of nitrogens with two attached hydrogens (primary N) is 1. The van der Waals surface area contributed by atoms with Crippen molar-refractivity contribution in [1.29, 1.82) is 0 Å². The fourth-order valence-corrected chi connectivity index (χ4v) is 4.19. The zero-order valence-corrected chi connectivity index (χ0v) is 18.0. The Bertz CT molecular complexity index is 1290. The van der Waals surface area contributed by atoms with Gasteiger partial charge in [-0.3, -0.25) is 4.79 Å². The van der Waals surface area contributed by atoms with Gasteiger partial charge in [0, 0.05) is 42.5 Å². The summed E-state index contributed by atoms with van der Waals surface area (Å²) in [6.07, 6.45) is 5.91. The van der Waals surface area contributed by atoms with E-state index in [-0.39, 0.29) is 11.9 Å². The first kappa shape index (κ1) is 20.8. The second kappa shape index (κ2) is 8.47. The predicted molar refractivity (Wildman–Crippen MR) is 123 cm³/mol. The van der Waals surface area contributed by atoms with Gasteiger partial charge >= 0.3 is 6.09 Å². The average molecular weight is 444 g/mol. The molecule has 1 aliphatic carbocycles. The van der Waals surface area contributed by atoms with E-state index in [1.807, 2.05) is 22.9 Å². The highest BCUT2D eigenvalue weighted by Gasteiger charge is 2.26. The van der Waals surface area contributed by atoms with Crippen LogP contribution < -0.4 is 11.1 Å². The Morgan fingerprint density at radius 2 is 1.91 bits per heavy atom. The molecule has 2 amide bonds. The van der Waals surface area contributed by atoms with E-state index in [2.05, 4.69) is 27.1 Å². The normalized spacial score (nSPS) is 16.3. The molecule has 33 heavy (non-hydrogen) atoms. The molecule has 2 aliphatic rings. The Kier molecular flexibility index (Phi) is 5.34. The molecule has 1 aromatic carbocycles. The average Bonchev–Trinajstić information content (AvgIpc) is 3.56. The summed E-state index contributed by atoms with van der Waals surface area (Å²) in [4.78, 5) is 33.6. The molecule has 0 unspecified atom stereocenters. The lowest BCUT2D eigenvalue weighted by atomic mass is 10.1. The first-order chi connectivity index (χ1) is 16.0. The van der Waals surface area contributed by atoms with Crippen molar-refractivity contribution in [3.05, 3.63) is 53.5 Å². The molecular formula is C24H24N6O3. The van der Waals surface area contributed by atoms with Gasteiger partial charge in [0.1, 0.15) is 17.8 Å². The number of benzene rings is 1. The van der Waals surface area contributed by atoms with Gasteiger partial charge in [0.2, 0.25) is 0 Å². The van der Waals surface area contributed by atoms with Crippen molar-refractivity contribution in [2.45, 2.75) is 37.8 Å². The van der Waals surface area contributed by atoms with Crippen molar-refractivity contribution in [1.82, 2.24) is 24.8 Å². The highest BCUT2D eigenvalue weighted by molar-refractivity contribution is 5.95. The summed E-state index contributed by atoms with van der Waals surface area (Å²) < 4.78 is 2.04. The highest BCUT2D eigenvalue weighted by atomic mass is 16.4. The molecule has 1 saturated heterocycles. The van der Waals surface area contributed by atoms with Crippen molar-refractivity contribution in [3.63, 3.8) is 0 Å². The third kappa shape index (κ3) is 4.32. The van der Waals surface area contributed by atoms with Gasteiger partial charge in [-0.15, -0.1) is 0 Å². The Labute approximate surface area is 190 Å². The van der Waals surface area contributed by atoms with Gasteiger partial charge in [-0.2, -0.15) is 0 Å². The first-order valence-electron chi connectivity index (χ1n) is 11.0. The molecular weight excluding hydrogens is 420 g/mol. The number of carboxylic acid groups (broad SMARTS) is 1. The van der Waals surface area contributed by atoms with E-state index in [1.165, 1.54) is 11.2 Å². The van der Waals surface area contributed by atoms with E-state index < -0.39 is 6.09 Å². The second-order valence-corrected chi connectivity index (χ2v) is 8.49. The smallest absolute Gasteiger partial charge is 0.407 e. The Morgan fingerprint density at radius 3 is 2.64 bits per heavy atom. The zero-order valence-electron chi connectivity index (χ0n) is 18.0. The molecule has 1 aliphatic heterocycles. The van der Waals surface area contributed by atoms with Crippen molar-refractivity contribution in [2.75, 3.05) is 18.8 Å². The maximum Gasteiger partial charge on any atom is 0.407 e. The van der Waals surface area contributed by atoms with Crippen LogP contribution in [0.1, 0.15) is 53.2 Å². The molecule has 5 rings (SSSR count). The monoisotopic (exact) mass is 444 g/mol. The summed E-state index contributed by atoms with van der Waals surface area (Å²) in [5.41, 5.74) is 8.89. The minimum absolute atomic E-state index is 0.0805. The molecule has 0 bridgehead atoms. The maximum absolute atomic E-state index is 12.3. The summed E-state index contributed by atoms with van der Waals surface area (Å²) in [6, 6.07) is 7.64. The molecule has 2 fully saturated rings. The molecule has 0 spiro atoms. The number of aromatic nitrogens is 3.